The first-order valence-electron chi connectivity index (χ1n) is 5.40. The van der Waals surface area contributed by atoms with Gasteiger partial charge in [-0.3, -0.25) is 0 Å². The maximum atomic E-state index is 4.13. The molecule has 0 fully saturated rings. The molecule has 0 radical (unpaired) electrons. The average molecular weight is 244 g/mol. The molecule has 0 aliphatic heterocycles. The summed E-state index contributed by atoms with van der Waals surface area (Å²) in [5, 5.41) is 14.6. The van der Waals surface area contributed by atoms with Gasteiger partial charge in [0, 0.05) is 11.2 Å². The van der Waals surface area contributed by atoms with E-state index < -0.39 is 0 Å². The van der Waals surface area contributed by atoms with Crippen molar-refractivity contribution >= 4 is 21.4 Å². The van der Waals surface area contributed by atoms with E-state index in [0.29, 0.717) is 0 Å². The summed E-state index contributed by atoms with van der Waals surface area (Å²) in [6.07, 6.45) is 1.79. The molecule has 4 nitrogen and oxygen atoms in total. The Bertz CT molecular complexity index is 641. The van der Waals surface area contributed by atoms with Crippen molar-refractivity contribution in [2.75, 3.05) is 7.05 Å². The lowest BCUT2D eigenvalue weighted by molar-refractivity contribution is 0.714. The minimum Gasteiger partial charge on any atom is -0.314 e. The van der Waals surface area contributed by atoms with E-state index in [0.717, 1.165) is 17.9 Å². The normalized spacial score (nSPS) is 11.1. The quantitative estimate of drug-likeness (QED) is 0.768. The summed E-state index contributed by atoms with van der Waals surface area (Å²) in [6, 6.07) is 8.46. The molecule has 2 heterocycles. The summed E-state index contributed by atoms with van der Waals surface area (Å²) < 4.78 is 3.16. The molecular formula is C12H12N4S. The molecule has 1 N–H and O–H groups in total. The monoisotopic (exact) mass is 244 g/mol. The Kier molecular flexibility index (Phi) is 2.62. The summed E-state index contributed by atoms with van der Waals surface area (Å²) in [4.78, 5) is 0. The fraction of sp³-hybridized carbons (Fsp3) is 0.167. The number of nitrogens with one attached hydrogen (secondary N) is 1. The molecule has 3 rings (SSSR count). The van der Waals surface area contributed by atoms with Gasteiger partial charge >= 0.3 is 0 Å². The van der Waals surface area contributed by atoms with Crippen LogP contribution in [0.15, 0.2) is 35.8 Å². The molecule has 1 aromatic carbocycles. The third kappa shape index (κ3) is 1.83. The Labute approximate surface area is 103 Å². The van der Waals surface area contributed by atoms with E-state index in [9.17, 15) is 0 Å². The molecule has 0 amide bonds. The molecule has 5 heteroatoms. The van der Waals surface area contributed by atoms with Gasteiger partial charge in [-0.1, -0.05) is 5.21 Å². The van der Waals surface area contributed by atoms with Gasteiger partial charge < -0.3 is 5.32 Å². The zero-order chi connectivity index (χ0) is 11.7. The van der Waals surface area contributed by atoms with E-state index in [2.05, 4.69) is 45.3 Å². The third-order valence-electron chi connectivity index (χ3n) is 2.66. The highest BCUT2D eigenvalue weighted by molar-refractivity contribution is 7.17. The van der Waals surface area contributed by atoms with Crippen LogP contribution in [0.25, 0.3) is 15.8 Å². The molecule has 3 aromatic rings. The maximum Gasteiger partial charge on any atom is 0.0783 e. The number of hydrogen-bond acceptors (Lipinski definition) is 4. The largest absolute Gasteiger partial charge is 0.314 e. The second-order valence-corrected chi connectivity index (χ2v) is 4.76. The van der Waals surface area contributed by atoms with Crippen LogP contribution in [0, 0.1) is 0 Å². The number of thiophene rings is 1. The molecule has 0 spiro atoms. The highest BCUT2D eigenvalue weighted by Gasteiger charge is 2.06. The predicted molar refractivity (Wildman–Crippen MR) is 69.5 cm³/mol. The van der Waals surface area contributed by atoms with Crippen molar-refractivity contribution in [3.05, 3.63) is 41.5 Å². The van der Waals surface area contributed by atoms with Gasteiger partial charge in [0.1, 0.15) is 0 Å². The number of hydrogen-bond donors (Lipinski definition) is 1. The molecule has 0 aliphatic carbocycles. The van der Waals surface area contributed by atoms with Gasteiger partial charge in [-0.2, -0.15) is 0 Å². The number of fused-ring (bicyclic) bond motifs is 1. The summed E-state index contributed by atoms with van der Waals surface area (Å²) in [7, 11) is 1.92. The second kappa shape index (κ2) is 4.27. The Hall–Kier alpha value is -1.72. The van der Waals surface area contributed by atoms with E-state index >= 15 is 0 Å². The highest BCUT2D eigenvalue weighted by atomic mass is 32.1. The van der Waals surface area contributed by atoms with Crippen LogP contribution >= 0.6 is 11.3 Å². The van der Waals surface area contributed by atoms with Crippen molar-refractivity contribution in [2.24, 2.45) is 0 Å². The first-order chi connectivity index (χ1) is 8.38. The van der Waals surface area contributed by atoms with Crippen molar-refractivity contribution < 1.29 is 0 Å². The van der Waals surface area contributed by atoms with Gasteiger partial charge in [-0.05, 0) is 42.1 Å². The lowest BCUT2D eigenvalue weighted by Gasteiger charge is -2.05. The Morgan fingerprint density at radius 2 is 2.29 bits per heavy atom. The van der Waals surface area contributed by atoms with E-state index in [1.807, 2.05) is 11.7 Å². The van der Waals surface area contributed by atoms with Gasteiger partial charge in [-0.15, -0.1) is 16.4 Å². The zero-order valence-electron chi connectivity index (χ0n) is 9.42. The standard InChI is InChI=1S/C12H12N4S/c1-13-7-11-8-14-15-16(11)10-2-3-12-9(6-10)4-5-17-12/h2-6,8,13H,7H2,1H3. The Morgan fingerprint density at radius 3 is 3.18 bits per heavy atom. The fourth-order valence-electron chi connectivity index (χ4n) is 1.86. The van der Waals surface area contributed by atoms with Crippen LogP contribution in [0.3, 0.4) is 0 Å². The van der Waals surface area contributed by atoms with Crippen LogP contribution in [0.1, 0.15) is 5.69 Å². The first-order valence-corrected chi connectivity index (χ1v) is 6.28. The van der Waals surface area contributed by atoms with Crippen molar-refractivity contribution in [1.29, 1.82) is 0 Å². The Balaban J connectivity index is 2.09. The molecule has 0 unspecified atom stereocenters. The van der Waals surface area contributed by atoms with Crippen LogP contribution < -0.4 is 5.32 Å². The second-order valence-electron chi connectivity index (χ2n) is 3.81. The Morgan fingerprint density at radius 1 is 1.35 bits per heavy atom. The van der Waals surface area contributed by atoms with Crippen LogP contribution in [0.2, 0.25) is 0 Å². The molecule has 0 saturated heterocycles. The number of nitrogens with zero attached hydrogens (tertiary/aromatic N) is 3. The minimum atomic E-state index is 0.759. The van der Waals surface area contributed by atoms with Crippen LogP contribution in [0.5, 0.6) is 0 Å². The summed E-state index contributed by atoms with van der Waals surface area (Å²) >= 11 is 1.75. The number of benzene rings is 1. The van der Waals surface area contributed by atoms with Gasteiger partial charge in [-0.25, -0.2) is 4.68 Å². The summed E-state index contributed by atoms with van der Waals surface area (Å²) in [5.74, 6) is 0. The fourth-order valence-corrected chi connectivity index (χ4v) is 2.63. The molecule has 0 aliphatic rings. The number of aromatic nitrogens is 3. The minimum absolute atomic E-state index is 0.759. The molecule has 0 saturated carbocycles. The van der Waals surface area contributed by atoms with Crippen molar-refractivity contribution in [3.8, 4) is 5.69 Å². The lowest BCUT2D eigenvalue weighted by Crippen LogP contribution is -2.10. The average Bonchev–Trinajstić information content (AvgIpc) is 2.96. The van der Waals surface area contributed by atoms with E-state index in [1.54, 1.807) is 17.5 Å². The molecule has 0 bridgehead atoms. The first kappa shape index (κ1) is 10.4. The van der Waals surface area contributed by atoms with Gasteiger partial charge in [0.25, 0.3) is 0 Å². The van der Waals surface area contributed by atoms with Crippen molar-refractivity contribution in [2.45, 2.75) is 6.54 Å². The van der Waals surface area contributed by atoms with Gasteiger partial charge in [0.15, 0.2) is 0 Å². The zero-order valence-corrected chi connectivity index (χ0v) is 10.2. The maximum absolute atomic E-state index is 4.13. The van der Waals surface area contributed by atoms with Crippen LogP contribution in [-0.2, 0) is 6.54 Å². The highest BCUT2D eigenvalue weighted by Crippen LogP contribution is 2.23. The predicted octanol–water partition coefficient (Wildman–Crippen LogP) is 2.20. The lowest BCUT2D eigenvalue weighted by atomic mass is 10.2. The molecule has 17 heavy (non-hydrogen) atoms. The van der Waals surface area contributed by atoms with Crippen molar-refractivity contribution in [1.82, 2.24) is 20.3 Å². The molecular weight excluding hydrogens is 232 g/mol. The van der Waals surface area contributed by atoms with E-state index in [-0.39, 0.29) is 0 Å². The summed E-state index contributed by atoms with van der Waals surface area (Å²) in [6.45, 7) is 0.759. The molecule has 86 valence electrons. The van der Waals surface area contributed by atoms with E-state index in [4.69, 9.17) is 0 Å². The molecule has 2 aromatic heterocycles. The van der Waals surface area contributed by atoms with Crippen molar-refractivity contribution in [3.63, 3.8) is 0 Å². The van der Waals surface area contributed by atoms with Gasteiger partial charge in [0.2, 0.25) is 0 Å². The number of rotatable bonds is 3. The topological polar surface area (TPSA) is 42.7 Å². The molecule has 0 atom stereocenters. The van der Waals surface area contributed by atoms with Crippen LogP contribution in [0.4, 0.5) is 0 Å². The summed E-state index contributed by atoms with van der Waals surface area (Å²) in [5.41, 5.74) is 2.11. The SMILES string of the molecule is CNCc1cnnn1-c1ccc2sccc2c1. The van der Waals surface area contributed by atoms with E-state index in [1.165, 1.54) is 10.1 Å². The smallest absolute Gasteiger partial charge is 0.0783 e. The third-order valence-corrected chi connectivity index (χ3v) is 3.56. The van der Waals surface area contributed by atoms with Crippen LogP contribution in [-0.4, -0.2) is 22.0 Å². The van der Waals surface area contributed by atoms with Gasteiger partial charge in [0.05, 0.1) is 17.6 Å².